The molecule has 1 aromatic heterocycles. The van der Waals surface area contributed by atoms with Crippen molar-refractivity contribution in [2.75, 3.05) is 32.6 Å². The second-order valence-electron chi connectivity index (χ2n) is 6.04. The van der Waals surface area contributed by atoms with Gasteiger partial charge in [-0.05, 0) is 18.2 Å². The Kier molecular flexibility index (Phi) is 3.73. The Morgan fingerprint density at radius 2 is 2.17 bits per heavy atom. The topological polar surface area (TPSA) is 54.6 Å². The molecular weight excluding hydrogens is 312 g/mol. The van der Waals surface area contributed by atoms with Crippen molar-refractivity contribution in [2.24, 2.45) is 0 Å². The van der Waals surface area contributed by atoms with Gasteiger partial charge in [0.15, 0.2) is 0 Å². The fourth-order valence-electron chi connectivity index (χ4n) is 3.35. The first-order chi connectivity index (χ1) is 11.2. The van der Waals surface area contributed by atoms with Crippen LogP contribution in [0, 0.1) is 0 Å². The maximum Gasteiger partial charge on any atom is 0.270 e. The van der Waals surface area contributed by atoms with Crippen molar-refractivity contribution in [3.63, 3.8) is 0 Å². The van der Waals surface area contributed by atoms with Gasteiger partial charge in [-0.15, -0.1) is 11.8 Å². The van der Waals surface area contributed by atoms with Crippen LogP contribution in [0.3, 0.4) is 0 Å². The highest BCUT2D eigenvalue weighted by Gasteiger charge is 2.40. The number of H-pyrrole nitrogens is 1. The normalized spacial score (nSPS) is 20.3. The average Bonchev–Trinajstić information content (AvgIpc) is 3.21. The Bertz CT molecular complexity index is 727. The SMILES string of the molecule is COc1ccc2cc(C(=O)N3CCC4(CC3)OCCS4)[nH]c2c1. The van der Waals surface area contributed by atoms with Crippen LogP contribution >= 0.6 is 11.8 Å². The molecule has 1 spiro atoms. The standard InChI is InChI=1S/C17H20N2O3S/c1-21-13-3-2-12-10-15(18-14(12)11-13)16(20)19-6-4-17(5-7-19)22-8-9-23-17/h2-3,10-11,18H,4-9H2,1H3. The smallest absolute Gasteiger partial charge is 0.270 e. The number of likely N-dealkylation sites (tertiary alicyclic amines) is 1. The number of rotatable bonds is 2. The summed E-state index contributed by atoms with van der Waals surface area (Å²) in [5.41, 5.74) is 1.57. The van der Waals surface area contributed by atoms with E-state index in [0.717, 1.165) is 54.9 Å². The number of aromatic amines is 1. The van der Waals surface area contributed by atoms with E-state index in [0.29, 0.717) is 5.69 Å². The van der Waals surface area contributed by atoms with E-state index in [1.54, 1.807) is 7.11 Å². The van der Waals surface area contributed by atoms with E-state index in [2.05, 4.69) is 4.98 Å². The number of methoxy groups -OCH3 is 1. The second kappa shape index (κ2) is 5.76. The molecule has 6 heteroatoms. The molecule has 0 aliphatic carbocycles. The van der Waals surface area contributed by atoms with Crippen molar-refractivity contribution in [3.8, 4) is 5.75 Å². The lowest BCUT2D eigenvalue weighted by Gasteiger charge is -2.37. The number of benzene rings is 1. The van der Waals surface area contributed by atoms with Gasteiger partial charge in [-0.3, -0.25) is 4.79 Å². The summed E-state index contributed by atoms with van der Waals surface area (Å²) < 4.78 is 11.1. The number of hydrogen-bond donors (Lipinski definition) is 1. The van der Waals surface area contributed by atoms with Crippen molar-refractivity contribution in [2.45, 2.75) is 17.8 Å². The van der Waals surface area contributed by atoms with E-state index in [-0.39, 0.29) is 10.8 Å². The first-order valence-electron chi connectivity index (χ1n) is 7.93. The number of carbonyl (C=O) groups is 1. The fraction of sp³-hybridized carbons (Fsp3) is 0.471. The zero-order valence-electron chi connectivity index (χ0n) is 13.1. The number of carbonyl (C=O) groups excluding carboxylic acids is 1. The van der Waals surface area contributed by atoms with Crippen LogP contribution in [0.2, 0.25) is 0 Å². The van der Waals surface area contributed by atoms with Crippen LogP contribution in [0.4, 0.5) is 0 Å². The number of nitrogens with zero attached hydrogens (tertiary/aromatic N) is 1. The maximum atomic E-state index is 12.7. The third-order valence-electron chi connectivity index (χ3n) is 4.69. The van der Waals surface area contributed by atoms with E-state index in [4.69, 9.17) is 9.47 Å². The van der Waals surface area contributed by atoms with Crippen LogP contribution in [0.25, 0.3) is 10.9 Å². The monoisotopic (exact) mass is 332 g/mol. The molecular formula is C17H20N2O3S. The van der Waals surface area contributed by atoms with Gasteiger partial charge >= 0.3 is 0 Å². The lowest BCUT2D eigenvalue weighted by molar-refractivity contribution is 0.00339. The molecule has 1 amide bonds. The Hall–Kier alpha value is -1.66. The van der Waals surface area contributed by atoms with Crippen LogP contribution < -0.4 is 4.74 Å². The van der Waals surface area contributed by atoms with Gasteiger partial charge in [0.05, 0.1) is 13.7 Å². The highest BCUT2D eigenvalue weighted by Crippen LogP contribution is 2.41. The van der Waals surface area contributed by atoms with Crippen LogP contribution in [0.15, 0.2) is 24.3 Å². The second-order valence-corrected chi connectivity index (χ2v) is 7.48. The van der Waals surface area contributed by atoms with Gasteiger partial charge in [-0.2, -0.15) is 0 Å². The minimum Gasteiger partial charge on any atom is -0.497 e. The fourth-order valence-corrected chi connectivity index (χ4v) is 4.53. The molecule has 5 nitrogen and oxygen atoms in total. The molecule has 0 radical (unpaired) electrons. The van der Waals surface area contributed by atoms with Gasteiger partial charge in [0.1, 0.15) is 16.4 Å². The summed E-state index contributed by atoms with van der Waals surface area (Å²) in [5, 5.41) is 1.03. The van der Waals surface area contributed by atoms with Crippen LogP contribution in [0.1, 0.15) is 23.3 Å². The minimum atomic E-state index is -0.0371. The van der Waals surface area contributed by atoms with Crippen molar-refractivity contribution < 1.29 is 14.3 Å². The Labute approximate surface area is 139 Å². The van der Waals surface area contributed by atoms with Gasteiger partial charge in [0, 0.05) is 48.7 Å². The van der Waals surface area contributed by atoms with Crippen molar-refractivity contribution in [1.82, 2.24) is 9.88 Å². The predicted molar refractivity (Wildman–Crippen MR) is 91.1 cm³/mol. The molecule has 0 unspecified atom stereocenters. The largest absolute Gasteiger partial charge is 0.497 e. The predicted octanol–water partition coefficient (Wildman–Crippen LogP) is 2.87. The van der Waals surface area contributed by atoms with E-state index in [9.17, 15) is 4.79 Å². The minimum absolute atomic E-state index is 0.0371. The summed E-state index contributed by atoms with van der Waals surface area (Å²) in [6.45, 7) is 2.34. The lowest BCUT2D eigenvalue weighted by Crippen LogP contribution is -2.45. The summed E-state index contributed by atoms with van der Waals surface area (Å²) >= 11 is 1.90. The Balaban J connectivity index is 1.50. The molecule has 0 bridgehead atoms. The molecule has 4 rings (SSSR count). The number of ether oxygens (including phenoxy) is 2. The van der Waals surface area contributed by atoms with E-state index in [1.165, 1.54) is 0 Å². The summed E-state index contributed by atoms with van der Waals surface area (Å²) in [5.74, 6) is 1.92. The molecule has 3 heterocycles. The zero-order valence-corrected chi connectivity index (χ0v) is 13.9. The van der Waals surface area contributed by atoms with Gasteiger partial charge in [0.2, 0.25) is 0 Å². The Morgan fingerprint density at radius 3 is 2.87 bits per heavy atom. The van der Waals surface area contributed by atoms with Gasteiger partial charge in [0.25, 0.3) is 5.91 Å². The molecule has 0 saturated carbocycles. The number of piperidine rings is 1. The third kappa shape index (κ3) is 2.70. The number of aromatic nitrogens is 1. The summed E-state index contributed by atoms with van der Waals surface area (Å²) in [4.78, 5) is 17.9. The lowest BCUT2D eigenvalue weighted by atomic mass is 10.1. The average molecular weight is 332 g/mol. The number of hydrogen-bond acceptors (Lipinski definition) is 4. The summed E-state index contributed by atoms with van der Waals surface area (Å²) in [6.07, 6.45) is 1.83. The number of amides is 1. The number of thioether (sulfide) groups is 1. The molecule has 23 heavy (non-hydrogen) atoms. The first kappa shape index (κ1) is 14.9. The number of nitrogens with one attached hydrogen (secondary N) is 1. The van der Waals surface area contributed by atoms with Crippen molar-refractivity contribution in [3.05, 3.63) is 30.0 Å². The Morgan fingerprint density at radius 1 is 1.35 bits per heavy atom. The molecule has 0 atom stereocenters. The van der Waals surface area contributed by atoms with Gasteiger partial charge < -0.3 is 19.4 Å². The molecule has 2 fully saturated rings. The van der Waals surface area contributed by atoms with Crippen molar-refractivity contribution in [1.29, 1.82) is 0 Å². The van der Waals surface area contributed by atoms with Gasteiger partial charge in [-0.25, -0.2) is 0 Å². The van der Waals surface area contributed by atoms with Crippen LogP contribution in [-0.4, -0.2) is 53.3 Å². The molecule has 2 saturated heterocycles. The maximum absolute atomic E-state index is 12.7. The van der Waals surface area contributed by atoms with E-state index >= 15 is 0 Å². The molecule has 2 aliphatic heterocycles. The molecule has 2 aliphatic rings. The zero-order chi connectivity index (χ0) is 15.9. The summed E-state index contributed by atoms with van der Waals surface area (Å²) in [6, 6.07) is 7.71. The molecule has 2 aromatic rings. The van der Waals surface area contributed by atoms with E-state index < -0.39 is 0 Å². The quantitative estimate of drug-likeness (QED) is 0.919. The molecule has 1 N–H and O–H groups in total. The summed E-state index contributed by atoms with van der Waals surface area (Å²) in [7, 11) is 1.64. The van der Waals surface area contributed by atoms with Crippen LogP contribution in [0.5, 0.6) is 5.75 Å². The highest BCUT2D eigenvalue weighted by atomic mass is 32.2. The first-order valence-corrected chi connectivity index (χ1v) is 8.92. The van der Waals surface area contributed by atoms with Crippen LogP contribution in [-0.2, 0) is 4.74 Å². The molecule has 122 valence electrons. The highest BCUT2D eigenvalue weighted by molar-refractivity contribution is 8.00. The third-order valence-corrected chi connectivity index (χ3v) is 6.11. The molecule has 1 aromatic carbocycles. The van der Waals surface area contributed by atoms with Gasteiger partial charge in [-0.1, -0.05) is 0 Å². The number of fused-ring (bicyclic) bond motifs is 1. The van der Waals surface area contributed by atoms with E-state index in [1.807, 2.05) is 40.9 Å². The van der Waals surface area contributed by atoms with Crippen molar-refractivity contribution >= 4 is 28.6 Å².